The maximum Gasteiger partial charge on any atom is 0.0572 e. The average Bonchev–Trinajstić information content (AvgIpc) is 2.59. The van der Waals surface area contributed by atoms with Gasteiger partial charge >= 0.3 is 0 Å². The van der Waals surface area contributed by atoms with E-state index in [2.05, 4.69) is 54.5 Å². The molecule has 2 heterocycles. The first-order valence-electron chi connectivity index (χ1n) is 7.12. The molecular formula is C15H25N3S. The molecule has 0 radical (unpaired) electrons. The van der Waals surface area contributed by atoms with E-state index in [4.69, 9.17) is 5.73 Å². The van der Waals surface area contributed by atoms with Gasteiger partial charge in [-0.15, -0.1) is 0 Å². The minimum Gasteiger partial charge on any atom is -0.369 e. The fourth-order valence-corrected chi connectivity index (χ4v) is 3.39. The summed E-state index contributed by atoms with van der Waals surface area (Å²) >= 11 is 2.07. The van der Waals surface area contributed by atoms with Crippen molar-refractivity contribution in [2.75, 3.05) is 23.7 Å². The van der Waals surface area contributed by atoms with Crippen molar-refractivity contribution >= 4 is 17.4 Å². The van der Waals surface area contributed by atoms with E-state index in [-0.39, 0.29) is 6.04 Å². The summed E-state index contributed by atoms with van der Waals surface area (Å²) < 4.78 is 0.396. The third kappa shape index (κ3) is 3.86. The van der Waals surface area contributed by atoms with Gasteiger partial charge < -0.3 is 10.6 Å². The molecule has 0 aromatic carbocycles. The molecule has 0 bridgehead atoms. The number of hydrogen-bond acceptors (Lipinski definition) is 4. The summed E-state index contributed by atoms with van der Waals surface area (Å²) in [6.45, 7) is 8.98. The van der Waals surface area contributed by atoms with Gasteiger partial charge in [0.05, 0.1) is 17.6 Å². The van der Waals surface area contributed by atoms with Crippen molar-refractivity contribution in [3.8, 4) is 0 Å². The van der Waals surface area contributed by atoms with Crippen LogP contribution in [0.4, 0.5) is 5.69 Å². The quantitative estimate of drug-likeness (QED) is 0.922. The second kappa shape index (κ2) is 6.14. The number of hydrogen-bond donors (Lipinski definition) is 1. The predicted molar refractivity (Wildman–Crippen MR) is 84.8 cm³/mol. The highest BCUT2D eigenvalue weighted by atomic mass is 32.2. The molecule has 2 N–H and O–H groups in total. The van der Waals surface area contributed by atoms with E-state index in [1.807, 2.05) is 6.20 Å². The van der Waals surface area contributed by atoms with E-state index in [0.29, 0.717) is 4.75 Å². The number of aromatic nitrogens is 1. The van der Waals surface area contributed by atoms with Crippen LogP contribution in [-0.4, -0.2) is 28.6 Å². The first-order valence-corrected chi connectivity index (χ1v) is 8.11. The van der Waals surface area contributed by atoms with Crippen LogP contribution in [0.2, 0.25) is 0 Å². The Labute approximate surface area is 121 Å². The average molecular weight is 279 g/mol. The standard InChI is InChI=1S/C15H25N3S/c1-4-13(16)14-6-5-12(11-17-14)18-8-7-15(2,3)19-10-9-18/h5-6,11,13H,4,7-10,16H2,1-3H3. The molecule has 0 saturated carbocycles. The molecule has 2 rings (SSSR count). The van der Waals surface area contributed by atoms with E-state index in [9.17, 15) is 0 Å². The fourth-order valence-electron chi connectivity index (χ4n) is 2.29. The van der Waals surface area contributed by atoms with Gasteiger partial charge in [-0.1, -0.05) is 20.8 Å². The van der Waals surface area contributed by atoms with Crippen molar-refractivity contribution in [2.24, 2.45) is 5.73 Å². The Morgan fingerprint density at radius 3 is 2.84 bits per heavy atom. The first kappa shape index (κ1) is 14.7. The van der Waals surface area contributed by atoms with Crippen LogP contribution in [0.3, 0.4) is 0 Å². The van der Waals surface area contributed by atoms with Gasteiger partial charge in [0.2, 0.25) is 0 Å². The van der Waals surface area contributed by atoms with Crippen LogP contribution in [0.1, 0.15) is 45.3 Å². The molecule has 0 spiro atoms. The summed E-state index contributed by atoms with van der Waals surface area (Å²) in [5.74, 6) is 1.18. The van der Waals surface area contributed by atoms with Gasteiger partial charge in [0.15, 0.2) is 0 Å². The maximum absolute atomic E-state index is 6.00. The molecule has 1 saturated heterocycles. The van der Waals surface area contributed by atoms with Crippen molar-refractivity contribution in [3.05, 3.63) is 24.0 Å². The van der Waals surface area contributed by atoms with Gasteiger partial charge in [-0.05, 0) is 25.0 Å². The molecule has 0 aliphatic carbocycles. The molecule has 1 aromatic rings. The first-order chi connectivity index (χ1) is 9.02. The van der Waals surface area contributed by atoms with Crippen LogP contribution in [0, 0.1) is 0 Å². The summed E-state index contributed by atoms with van der Waals surface area (Å²) in [5, 5.41) is 0. The van der Waals surface area contributed by atoms with Crippen LogP contribution in [-0.2, 0) is 0 Å². The summed E-state index contributed by atoms with van der Waals surface area (Å²) in [6.07, 6.45) is 4.13. The molecule has 1 unspecified atom stereocenters. The van der Waals surface area contributed by atoms with E-state index in [1.165, 1.54) is 17.9 Å². The van der Waals surface area contributed by atoms with E-state index < -0.39 is 0 Å². The zero-order valence-electron chi connectivity index (χ0n) is 12.2. The van der Waals surface area contributed by atoms with Gasteiger partial charge in [-0.3, -0.25) is 4.98 Å². The zero-order valence-corrected chi connectivity index (χ0v) is 13.0. The fraction of sp³-hybridized carbons (Fsp3) is 0.667. The predicted octanol–water partition coefficient (Wildman–Crippen LogP) is 3.21. The van der Waals surface area contributed by atoms with E-state index >= 15 is 0 Å². The van der Waals surface area contributed by atoms with Crippen molar-refractivity contribution in [1.29, 1.82) is 0 Å². The molecule has 1 aliphatic rings. The Hall–Kier alpha value is -0.740. The number of anilines is 1. The lowest BCUT2D eigenvalue weighted by Gasteiger charge is -2.24. The van der Waals surface area contributed by atoms with Gasteiger partial charge in [0, 0.05) is 29.6 Å². The van der Waals surface area contributed by atoms with Gasteiger partial charge in [-0.2, -0.15) is 11.8 Å². The van der Waals surface area contributed by atoms with Gasteiger partial charge in [0.1, 0.15) is 0 Å². The third-order valence-electron chi connectivity index (χ3n) is 3.79. The molecule has 3 nitrogen and oxygen atoms in total. The van der Waals surface area contributed by atoms with E-state index in [1.54, 1.807) is 0 Å². The largest absolute Gasteiger partial charge is 0.369 e. The zero-order chi connectivity index (χ0) is 13.9. The second-order valence-corrected chi connectivity index (χ2v) is 7.60. The second-order valence-electron chi connectivity index (χ2n) is 5.80. The lowest BCUT2D eigenvalue weighted by molar-refractivity contribution is 0.636. The number of nitrogens with two attached hydrogens (primary N) is 1. The Kier molecular flexibility index (Phi) is 4.74. The van der Waals surface area contributed by atoms with Crippen molar-refractivity contribution in [2.45, 2.75) is 44.4 Å². The molecule has 0 amide bonds. The summed E-state index contributed by atoms with van der Waals surface area (Å²) in [6, 6.07) is 4.31. The van der Waals surface area contributed by atoms with Crippen molar-refractivity contribution in [1.82, 2.24) is 4.98 Å². The molecule has 1 atom stereocenters. The van der Waals surface area contributed by atoms with E-state index in [0.717, 1.165) is 25.2 Å². The smallest absolute Gasteiger partial charge is 0.0572 e. The molecular weight excluding hydrogens is 254 g/mol. The minimum absolute atomic E-state index is 0.0627. The molecule has 19 heavy (non-hydrogen) atoms. The SMILES string of the molecule is CCC(N)c1ccc(N2CCSC(C)(C)CC2)cn1. The van der Waals surface area contributed by atoms with Crippen LogP contribution in [0.15, 0.2) is 18.3 Å². The topological polar surface area (TPSA) is 42.1 Å². The van der Waals surface area contributed by atoms with Crippen LogP contribution < -0.4 is 10.6 Å². The third-order valence-corrected chi connectivity index (χ3v) is 5.17. The number of thioether (sulfide) groups is 1. The normalized spacial score (nSPS) is 20.9. The Morgan fingerprint density at radius 1 is 1.42 bits per heavy atom. The molecule has 4 heteroatoms. The molecule has 106 valence electrons. The minimum atomic E-state index is 0.0627. The summed E-state index contributed by atoms with van der Waals surface area (Å²) in [7, 11) is 0. The maximum atomic E-state index is 6.00. The molecule has 1 aliphatic heterocycles. The van der Waals surface area contributed by atoms with Gasteiger partial charge in [0.25, 0.3) is 0 Å². The highest BCUT2D eigenvalue weighted by Crippen LogP contribution is 2.32. The lowest BCUT2D eigenvalue weighted by Crippen LogP contribution is -2.27. The lowest BCUT2D eigenvalue weighted by atomic mass is 10.1. The van der Waals surface area contributed by atoms with Crippen LogP contribution >= 0.6 is 11.8 Å². The Morgan fingerprint density at radius 2 is 2.21 bits per heavy atom. The highest BCUT2D eigenvalue weighted by Gasteiger charge is 2.23. The highest BCUT2D eigenvalue weighted by molar-refractivity contribution is 8.00. The molecule has 1 aromatic heterocycles. The van der Waals surface area contributed by atoms with Gasteiger partial charge in [-0.25, -0.2) is 0 Å². The van der Waals surface area contributed by atoms with Crippen molar-refractivity contribution < 1.29 is 0 Å². The Bertz CT molecular complexity index is 402. The van der Waals surface area contributed by atoms with Crippen LogP contribution in [0.25, 0.3) is 0 Å². The van der Waals surface area contributed by atoms with Crippen LogP contribution in [0.5, 0.6) is 0 Å². The number of pyridine rings is 1. The molecule has 1 fully saturated rings. The summed E-state index contributed by atoms with van der Waals surface area (Å²) in [5.41, 5.74) is 8.23. The summed E-state index contributed by atoms with van der Waals surface area (Å²) in [4.78, 5) is 6.96. The Balaban J connectivity index is 2.05. The monoisotopic (exact) mass is 279 g/mol. The number of nitrogens with zero attached hydrogens (tertiary/aromatic N) is 2. The number of rotatable bonds is 3. The van der Waals surface area contributed by atoms with Crippen molar-refractivity contribution in [3.63, 3.8) is 0 Å².